The summed E-state index contributed by atoms with van der Waals surface area (Å²) in [5, 5.41) is 2.56. The zero-order chi connectivity index (χ0) is 25.1. The highest BCUT2D eigenvalue weighted by molar-refractivity contribution is 7.09. The quantitative estimate of drug-likeness (QED) is 0.596. The average Bonchev–Trinajstić information content (AvgIpc) is 3.34. The number of piperazine rings is 1. The molecule has 1 aromatic carbocycles. The molecular formula is C23H28ClFN6O3S. The molecule has 2 saturated heterocycles. The highest BCUT2D eigenvalue weighted by atomic mass is 35.5. The van der Waals surface area contributed by atoms with Crippen LogP contribution in [0.1, 0.15) is 44.6 Å². The number of carbonyl (C=O) groups excluding carboxylic acids is 3. The Labute approximate surface area is 212 Å². The summed E-state index contributed by atoms with van der Waals surface area (Å²) in [5.74, 6) is -1.71. The number of benzene rings is 1. The van der Waals surface area contributed by atoms with Crippen LogP contribution in [0.5, 0.6) is 0 Å². The van der Waals surface area contributed by atoms with Crippen molar-refractivity contribution >= 4 is 40.7 Å². The number of thiazole rings is 1. The first kappa shape index (κ1) is 25.5. The minimum atomic E-state index is -0.630. The lowest BCUT2D eigenvalue weighted by molar-refractivity contribution is -0.128. The van der Waals surface area contributed by atoms with Gasteiger partial charge in [0.2, 0.25) is 0 Å². The van der Waals surface area contributed by atoms with Gasteiger partial charge in [-0.1, -0.05) is 17.7 Å². The molecule has 1 atom stereocenters. The highest BCUT2D eigenvalue weighted by Gasteiger charge is 2.30. The molecule has 0 aliphatic carbocycles. The molecule has 1 aromatic heterocycles. The van der Waals surface area contributed by atoms with E-state index in [-0.39, 0.29) is 34.1 Å². The van der Waals surface area contributed by atoms with Gasteiger partial charge in [0.05, 0.1) is 15.6 Å². The molecule has 2 aliphatic rings. The van der Waals surface area contributed by atoms with E-state index in [1.54, 1.807) is 10.3 Å². The minimum absolute atomic E-state index is 0.0858. The lowest BCUT2D eigenvalue weighted by atomic mass is 9.97. The van der Waals surface area contributed by atoms with Crippen LogP contribution in [-0.4, -0.2) is 90.3 Å². The van der Waals surface area contributed by atoms with E-state index in [1.807, 2.05) is 19.0 Å². The molecule has 188 valence electrons. The lowest BCUT2D eigenvalue weighted by Crippen LogP contribution is -2.59. The van der Waals surface area contributed by atoms with E-state index in [2.05, 4.69) is 20.7 Å². The Morgan fingerprint density at radius 1 is 1.11 bits per heavy atom. The number of likely N-dealkylation sites (tertiary alicyclic amines) is 1. The summed E-state index contributed by atoms with van der Waals surface area (Å²) < 4.78 is 14.1. The fourth-order valence-electron chi connectivity index (χ4n) is 4.33. The van der Waals surface area contributed by atoms with Gasteiger partial charge in [-0.15, -0.1) is 11.3 Å². The van der Waals surface area contributed by atoms with Gasteiger partial charge in [-0.05, 0) is 39.1 Å². The van der Waals surface area contributed by atoms with Crippen LogP contribution >= 0.6 is 22.9 Å². The van der Waals surface area contributed by atoms with Crippen molar-refractivity contribution in [2.75, 3.05) is 46.8 Å². The Balaban J connectivity index is 1.29. The molecule has 0 spiro atoms. The van der Waals surface area contributed by atoms with E-state index in [0.717, 1.165) is 18.1 Å². The van der Waals surface area contributed by atoms with Crippen molar-refractivity contribution < 1.29 is 18.8 Å². The molecule has 2 fully saturated rings. The third-order valence-corrected chi connectivity index (χ3v) is 7.84. The second-order valence-corrected chi connectivity index (χ2v) is 10.2. The summed E-state index contributed by atoms with van der Waals surface area (Å²) in [6.45, 7) is 3.13. The van der Waals surface area contributed by atoms with Gasteiger partial charge in [-0.2, -0.15) is 0 Å². The number of likely N-dealkylation sites (N-methyl/N-ethyl adjacent to an activating group) is 2. The number of nitrogens with zero attached hydrogens (tertiary/aromatic N) is 4. The summed E-state index contributed by atoms with van der Waals surface area (Å²) in [6.07, 6.45) is 1.29. The van der Waals surface area contributed by atoms with Crippen LogP contribution in [0.25, 0.3) is 0 Å². The predicted octanol–water partition coefficient (Wildman–Crippen LogP) is 1.96. The van der Waals surface area contributed by atoms with E-state index in [4.69, 9.17) is 11.6 Å². The van der Waals surface area contributed by atoms with Crippen molar-refractivity contribution in [3.05, 3.63) is 50.7 Å². The molecule has 0 radical (unpaired) electrons. The van der Waals surface area contributed by atoms with Crippen LogP contribution in [-0.2, 0) is 4.79 Å². The Morgan fingerprint density at radius 3 is 2.57 bits per heavy atom. The first-order valence-corrected chi connectivity index (χ1v) is 12.7. The predicted molar refractivity (Wildman–Crippen MR) is 131 cm³/mol. The van der Waals surface area contributed by atoms with Crippen molar-refractivity contribution in [2.24, 2.45) is 0 Å². The number of piperidine rings is 1. The van der Waals surface area contributed by atoms with Crippen molar-refractivity contribution in [1.29, 1.82) is 0 Å². The average molecular weight is 523 g/mol. The molecule has 2 N–H and O–H groups in total. The number of carbonyl (C=O) groups is 3. The molecule has 0 saturated carbocycles. The molecule has 9 nitrogen and oxygen atoms in total. The van der Waals surface area contributed by atoms with Gasteiger partial charge in [0.1, 0.15) is 17.6 Å². The van der Waals surface area contributed by atoms with Gasteiger partial charge in [0, 0.05) is 44.0 Å². The number of amides is 3. The number of nitrogens with one attached hydrogen (secondary N) is 2. The summed E-state index contributed by atoms with van der Waals surface area (Å²) in [5.41, 5.74) is 5.09. The molecule has 35 heavy (non-hydrogen) atoms. The maximum atomic E-state index is 14.1. The molecule has 4 rings (SSSR count). The largest absolute Gasteiger partial charge is 0.338 e. The summed E-state index contributed by atoms with van der Waals surface area (Å²) >= 11 is 7.41. The number of aromatic nitrogens is 1. The third-order valence-electron chi connectivity index (χ3n) is 6.52. The molecule has 0 bridgehead atoms. The van der Waals surface area contributed by atoms with Crippen LogP contribution in [0, 0.1) is 5.82 Å². The second-order valence-electron chi connectivity index (χ2n) is 8.94. The number of halogens is 2. The fourth-order valence-corrected chi connectivity index (χ4v) is 5.54. The van der Waals surface area contributed by atoms with Gasteiger partial charge in [0.15, 0.2) is 0 Å². The lowest BCUT2D eigenvalue weighted by Gasteiger charge is -2.36. The van der Waals surface area contributed by atoms with Gasteiger partial charge in [-0.3, -0.25) is 30.1 Å². The van der Waals surface area contributed by atoms with Crippen LogP contribution in [0.2, 0.25) is 5.02 Å². The SMILES string of the molecule is CN1CCN(C)C(C(=O)NNC(=O)c2csc(C3CCN(C(=O)c4c(F)cccc4Cl)CC3)n2)C1. The highest BCUT2D eigenvalue weighted by Crippen LogP contribution is 2.31. The Kier molecular flexibility index (Phi) is 8.00. The van der Waals surface area contributed by atoms with Crippen molar-refractivity contribution in [1.82, 2.24) is 30.5 Å². The second kappa shape index (κ2) is 11.0. The molecule has 3 heterocycles. The summed E-state index contributed by atoms with van der Waals surface area (Å²) in [6, 6.07) is 3.85. The maximum absolute atomic E-state index is 14.1. The molecule has 12 heteroatoms. The first-order chi connectivity index (χ1) is 16.7. The number of rotatable bonds is 4. The Morgan fingerprint density at radius 2 is 1.86 bits per heavy atom. The van der Waals surface area contributed by atoms with Gasteiger partial charge >= 0.3 is 0 Å². The van der Waals surface area contributed by atoms with Crippen molar-refractivity contribution in [3.8, 4) is 0 Å². The number of hydrazine groups is 1. The van der Waals surface area contributed by atoms with Gasteiger partial charge in [-0.25, -0.2) is 9.37 Å². The number of hydrogen-bond acceptors (Lipinski definition) is 7. The monoisotopic (exact) mass is 522 g/mol. The van der Waals surface area contributed by atoms with Gasteiger partial charge < -0.3 is 9.80 Å². The summed E-state index contributed by atoms with van der Waals surface area (Å²) in [4.78, 5) is 47.9. The van der Waals surface area contributed by atoms with Crippen molar-refractivity contribution in [3.63, 3.8) is 0 Å². The molecule has 3 amide bonds. The minimum Gasteiger partial charge on any atom is -0.338 e. The van der Waals surface area contributed by atoms with E-state index < -0.39 is 17.6 Å². The van der Waals surface area contributed by atoms with Crippen molar-refractivity contribution in [2.45, 2.75) is 24.8 Å². The smallest absolute Gasteiger partial charge is 0.289 e. The summed E-state index contributed by atoms with van der Waals surface area (Å²) in [7, 11) is 3.84. The standard InChI is InChI=1S/C23H28ClFN6O3S/c1-29-10-11-30(2)18(12-29)21(33)28-27-20(32)17-13-35-22(26-17)14-6-8-31(9-7-14)23(34)19-15(24)4-3-5-16(19)25/h3-5,13-14,18H,6-12H2,1-2H3,(H,27,32)(H,28,33). The number of hydrogen-bond donors (Lipinski definition) is 2. The third kappa shape index (κ3) is 5.80. The maximum Gasteiger partial charge on any atom is 0.289 e. The van der Waals surface area contributed by atoms with E-state index in [9.17, 15) is 18.8 Å². The molecule has 2 aromatic rings. The van der Waals surface area contributed by atoms with Crippen LogP contribution in [0.15, 0.2) is 23.6 Å². The topological polar surface area (TPSA) is 97.9 Å². The fraction of sp³-hybridized carbons (Fsp3) is 0.478. The first-order valence-electron chi connectivity index (χ1n) is 11.4. The van der Waals surface area contributed by atoms with Crippen LogP contribution in [0.3, 0.4) is 0 Å². The zero-order valence-corrected chi connectivity index (χ0v) is 21.2. The molecule has 2 aliphatic heterocycles. The molecular weight excluding hydrogens is 495 g/mol. The molecule has 1 unspecified atom stereocenters. The van der Waals surface area contributed by atoms with E-state index in [0.29, 0.717) is 32.5 Å². The van der Waals surface area contributed by atoms with Crippen LogP contribution in [0.4, 0.5) is 4.39 Å². The Hall–Kier alpha value is -2.60. The van der Waals surface area contributed by atoms with Gasteiger partial charge in [0.25, 0.3) is 17.7 Å². The zero-order valence-electron chi connectivity index (χ0n) is 19.6. The van der Waals surface area contributed by atoms with Crippen LogP contribution < -0.4 is 10.9 Å². The Bertz CT molecular complexity index is 1090. The van der Waals surface area contributed by atoms with E-state index in [1.165, 1.54) is 29.5 Å². The van der Waals surface area contributed by atoms with E-state index >= 15 is 0 Å². The normalized spacial score (nSPS) is 20.0.